The van der Waals surface area contributed by atoms with Crippen LogP contribution in [0.1, 0.15) is 26.7 Å². The van der Waals surface area contributed by atoms with Crippen molar-refractivity contribution in [2.45, 2.75) is 38.8 Å². The zero-order chi connectivity index (χ0) is 17.9. The summed E-state index contributed by atoms with van der Waals surface area (Å²) in [6.45, 7) is 5.23. The molecule has 0 aliphatic carbocycles. The molecule has 0 amide bonds. The first-order chi connectivity index (χ1) is 10.5. The van der Waals surface area contributed by atoms with E-state index in [9.17, 15) is 16.8 Å². The SMILES string of the molecule is CC(CCS(=O)(=O)O)NCCSCCNC(C)CCS(=O)(=O)O. The van der Waals surface area contributed by atoms with Crippen LogP contribution in [0.5, 0.6) is 0 Å². The number of rotatable bonds is 14. The molecule has 0 heterocycles. The number of hydrogen-bond acceptors (Lipinski definition) is 7. The van der Waals surface area contributed by atoms with Crippen LogP contribution >= 0.6 is 11.8 Å². The van der Waals surface area contributed by atoms with Crippen LogP contribution in [0.4, 0.5) is 0 Å². The van der Waals surface area contributed by atoms with Gasteiger partial charge in [-0.25, -0.2) is 0 Å². The third-order valence-corrected chi connectivity index (χ3v) is 5.58. The zero-order valence-electron chi connectivity index (χ0n) is 13.6. The molecule has 0 aromatic carbocycles. The maximum absolute atomic E-state index is 10.6. The lowest BCUT2D eigenvalue weighted by molar-refractivity contribution is 0.470. The van der Waals surface area contributed by atoms with E-state index in [0.717, 1.165) is 24.6 Å². The van der Waals surface area contributed by atoms with E-state index in [1.165, 1.54) is 0 Å². The van der Waals surface area contributed by atoms with E-state index < -0.39 is 20.2 Å². The first-order valence-electron chi connectivity index (χ1n) is 7.44. The second-order valence-electron chi connectivity index (χ2n) is 5.47. The molecule has 8 nitrogen and oxygen atoms in total. The van der Waals surface area contributed by atoms with Gasteiger partial charge in [-0.2, -0.15) is 28.6 Å². The molecular formula is C12H28N2O6S3. The molecule has 140 valence electrons. The smallest absolute Gasteiger partial charge is 0.264 e. The molecule has 2 atom stereocenters. The minimum atomic E-state index is -3.89. The fourth-order valence-electron chi connectivity index (χ4n) is 1.71. The number of hydrogen-bond donors (Lipinski definition) is 4. The van der Waals surface area contributed by atoms with Crippen LogP contribution in [-0.2, 0) is 20.2 Å². The minimum Gasteiger partial charge on any atom is -0.313 e. The van der Waals surface area contributed by atoms with Gasteiger partial charge in [0.2, 0.25) is 0 Å². The summed E-state index contributed by atoms with van der Waals surface area (Å²) in [4.78, 5) is 0. The molecule has 4 N–H and O–H groups in total. The normalized spacial score (nSPS) is 15.5. The average Bonchev–Trinajstić information content (AvgIpc) is 2.40. The summed E-state index contributed by atoms with van der Waals surface area (Å²) in [5.74, 6) is 1.27. The Morgan fingerprint density at radius 1 is 0.826 bits per heavy atom. The monoisotopic (exact) mass is 392 g/mol. The number of nitrogens with one attached hydrogen (secondary N) is 2. The Balaban J connectivity index is 3.49. The lowest BCUT2D eigenvalue weighted by Crippen LogP contribution is -2.31. The molecule has 11 heteroatoms. The van der Waals surface area contributed by atoms with E-state index in [2.05, 4.69) is 10.6 Å². The molecule has 0 bridgehead atoms. The average molecular weight is 393 g/mol. The first kappa shape index (κ1) is 23.1. The predicted molar refractivity (Wildman–Crippen MR) is 94.3 cm³/mol. The largest absolute Gasteiger partial charge is 0.313 e. The second-order valence-corrected chi connectivity index (χ2v) is 9.84. The van der Waals surface area contributed by atoms with Crippen LogP contribution in [0.25, 0.3) is 0 Å². The van der Waals surface area contributed by atoms with E-state index in [0.29, 0.717) is 12.8 Å². The molecule has 0 saturated heterocycles. The molecule has 0 aliphatic heterocycles. The van der Waals surface area contributed by atoms with Crippen molar-refractivity contribution in [3.8, 4) is 0 Å². The third-order valence-electron chi connectivity index (χ3n) is 3.10. The summed E-state index contributed by atoms with van der Waals surface area (Å²) >= 11 is 1.72. The van der Waals surface area contributed by atoms with Gasteiger partial charge < -0.3 is 10.6 Å². The molecule has 23 heavy (non-hydrogen) atoms. The summed E-state index contributed by atoms with van der Waals surface area (Å²) in [7, 11) is -7.78. The molecule has 0 aromatic heterocycles. The van der Waals surface area contributed by atoms with Crippen molar-refractivity contribution >= 4 is 32.0 Å². The van der Waals surface area contributed by atoms with Crippen molar-refractivity contribution in [3.63, 3.8) is 0 Å². The molecule has 0 radical (unpaired) electrons. The predicted octanol–water partition coefficient (Wildman–Crippen LogP) is 0.232. The molecule has 0 saturated carbocycles. The molecular weight excluding hydrogens is 364 g/mol. The van der Waals surface area contributed by atoms with E-state index in [-0.39, 0.29) is 23.6 Å². The Hall–Kier alpha value is 0.0900. The number of thioether (sulfide) groups is 1. The standard InChI is InChI=1S/C12H28N2O6S3/c1-11(3-9-22(15,16)17)13-5-7-21-8-6-14-12(2)4-10-23(18,19)20/h11-14H,3-10H2,1-2H3,(H,15,16,17)(H,18,19,20). The Morgan fingerprint density at radius 3 is 1.48 bits per heavy atom. The van der Waals surface area contributed by atoms with Crippen LogP contribution in [0.2, 0.25) is 0 Å². The van der Waals surface area contributed by atoms with Crippen molar-refractivity contribution < 1.29 is 25.9 Å². The van der Waals surface area contributed by atoms with Gasteiger partial charge in [0.25, 0.3) is 20.2 Å². The summed E-state index contributed by atoms with van der Waals surface area (Å²) in [6, 6.07) is 0.0483. The van der Waals surface area contributed by atoms with Crippen LogP contribution < -0.4 is 10.6 Å². The fourth-order valence-corrected chi connectivity index (χ4v) is 3.74. The maximum Gasteiger partial charge on any atom is 0.264 e. The van der Waals surface area contributed by atoms with Crippen molar-refractivity contribution in [2.75, 3.05) is 36.1 Å². The van der Waals surface area contributed by atoms with E-state index in [4.69, 9.17) is 9.11 Å². The van der Waals surface area contributed by atoms with Gasteiger partial charge in [-0.05, 0) is 26.7 Å². The van der Waals surface area contributed by atoms with Crippen molar-refractivity contribution in [1.82, 2.24) is 10.6 Å². The van der Waals surface area contributed by atoms with Gasteiger partial charge in [0.1, 0.15) is 0 Å². The molecule has 0 aliphatic rings. The second kappa shape index (κ2) is 11.6. The lowest BCUT2D eigenvalue weighted by atomic mass is 10.3. The van der Waals surface area contributed by atoms with Gasteiger partial charge in [0.05, 0.1) is 11.5 Å². The third kappa shape index (κ3) is 18.3. The fraction of sp³-hybridized carbons (Fsp3) is 1.00. The van der Waals surface area contributed by atoms with Gasteiger partial charge in [0.15, 0.2) is 0 Å². The molecule has 0 spiro atoms. The van der Waals surface area contributed by atoms with Crippen molar-refractivity contribution in [3.05, 3.63) is 0 Å². The van der Waals surface area contributed by atoms with Gasteiger partial charge >= 0.3 is 0 Å². The van der Waals surface area contributed by atoms with Crippen molar-refractivity contribution in [1.29, 1.82) is 0 Å². The maximum atomic E-state index is 10.6. The lowest BCUT2D eigenvalue weighted by Gasteiger charge is -2.14. The molecule has 0 aromatic rings. The Labute approximate surface area is 143 Å². The van der Waals surface area contributed by atoms with Crippen LogP contribution in [0, 0.1) is 0 Å². The Morgan fingerprint density at radius 2 is 1.17 bits per heavy atom. The van der Waals surface area contributed by atoms with E-state index >= 15 is 0 Å². The van der Waals surface area contributed by atoms with E-state index in [1.807, 2.05) is 13.8 Å². The Bertz CT molecular complexity index is 463. The van der Waals surface area contributed by atoms with Gasteiger partial charge in [-0.3, -0.25) is 9.11 Å². The highest BCUT2D eigenvalue weighted by molar-refractivity contribution is 7.99. The van der Waals surface area contributed by atoms with Crippen LogP contribution in [0.15, 0.2) is 0 Å². The Kier molecular flexibility index (Phi) is 11.7. The molecule has 0 rings (SSSR count). The summed E-state index contributed by atoms with van der Waals surface area (Å²) < 4.78 is 59.7. The van der Waals surface area contributed by atoms with Crippen LogP contribution in [-0.4, -0.2) is 74.1 Å². The summed E-state index contributed by atoms with van der Waals surface area (Å²) in [5, 5.41) is 6.36. The van der Waals surface area contributed by atoms with Crippen LogP contribution in [0.3, 0.4) is 0 Å². The highest BCUT2D eigenvalue weighted by Crippen LogP contribution is 2.00. The first-order valence-corrected chi connectivity index (χ1v) is 11.8. The van der Waals surface area contributed by atoms with E-state index in [1.54, 1.807) is 11.8 Å². The summed E-state index contributed by atoms with van der Waals surface area (Å²) in [5.41, 5.74) is 0. The molecule has 2 unspecified atom stereocenters. The van der Waals surface area contributed by atoms with Gasteiger partial charge in [-0.15, -0.1) is 0 Å². The van der Waals surface area contributed by atoms with Crippen molar-refractivity contribution in [2.24, 2.45) is 0 Å². The molecule has 0 fully saturated rings. The zero-order valence-corrected chi connectivity index (χ0v) is 16.0. The topological polar surface area (TPSA) is 133 Å². The minimum absolute atomic E-state index is 0.0242. The highest BCUT2D eigenvalue weighted by atomic mass is 32.2. The van der Waals surface area contributed by atoms with Gasteiger partial charge in [-0.1, -0.05) is 0 Å². The van der Waals surface area contributed by atoms with Gasteiger partial charge in [0, 0.05) is 36.7 Å². The summed E-state index contributed by atoms with van der Waals surface area (Å²) in [6.07, 6.45) is 0.743. The highest BCUT2D eigenvalue weighted by Gasteiger charge is 2.09. The quantitative estimate of drug-likeness (QED) is 0.242.